The van der Waals surface area contributed by atoms with Gasteiger partial charge in [0.1, 0.15) is 0 Å². The summed E-state index contributed by atoms with van der Waals surface area (Å²) in [6.45, 7) is 0. The van der Waals surface area contributed by atoms with Crippen LogP contribution in [-0.4, -0.2) is 23.0 Å². The number of aliphatic carboxylic acids is 1. The van der Waals surface area contributed by atoms with Gasteiger partial charge < -0.3 is 10.4 Å². The molecule has 0 bridgehead atoms. The molecule has 17 heavy (non-hydrogen) atoms. The van der Waals surface area contributed by atoms with Crippen molar-refractivity contribution < 1.29 is 14.7 Å². The number of carboxylic acids is 1. The minimum Gasteiger partial charge on any atom is -0.481 e. The normalized spacial score (nSPS) is 23.1. The van der Waals surface area contributed by atoms with Crippen LogP contribution in [0.25, 0.3) is 0 Å². The first-order chi connectivity index (χ1) is 8.10. The third-order valence-electron chi connectivity index (χ3n) is 3.92. The molecule has 4 heteroatoms. The molecule has 2 aliphatic carbocycles. The van der Waals surface area contributed by atoms with Crippen LogP contribution >= 0.6 is 0 Å². The second-order valence-corrected chi connectivity index (χ2v) is 5.65. The number of carbonyl (C=O) groups is 2. The van der Waals surface area contributed by atoms with Crippen LogP contribution < -0.4 is 5.32 Å². The number of carbonyl (C=O) groups excluding carboxylic acids is 1. The molecule has 0 heterocycles. The van der Waals surface area contributed by atoms with Gasteiger partial charge >= 0.3 is 5.97 Å². The van der Waals surface area contributed by atoms with E-state index in [1.807, 2.05) is 0 Å². The van der Waals surface area contributed by atoms with E-state index in [9.17, 15) is 9.59 Å². The zero-order valence-corrected chi connectivity index (χ0v) is 10.2. The monoisotopic (exact) mass is 239 g/mol. The highest BCUT2D eigenvalue weighted by Crippen LogP contribution is 2.42. The molecule has 0 spiro atoms. The van der Waals surface area contributed by atoms with Gasteiger partial charge in [-0.3, -0.25) is 9.59 Å². The lowest BCUT2D eigenvalue weighted by Gasteiger charge is -2.35. The number of hydrogen-bond acceptors (Lipinski definition) is 2. The third-order valence-corrected chi connectivity index (χ3v) is 3.92. The predicted molar refractivity (Wildman–Crippen MR) is 63.6 cm³/mol. The molecule has 2 aliphatic rings. The lowest BCUT2D eigenvalue weighted by atomic mass is 9.69. The van der Waals surface area contributed by atoms with Gasteiger partial charge in [0.2, 0.25) is 5.91 Å². The smallest absolute Gasteiger partial charge is 0.303 e. The highest BCUT2D eigenvalue weighted by molar-refractivity contribution is 5.78. The Morgan fingerprint density at radius 1 is 1.12 bits per heavy atom. The van der Waals surface area contributed by atoms with E-state index in [1.165, 1.54) is 6.42 Å². The fourth-order valence-electron chi connectivity index (χ4n) is 2.89. The van der Waals surface area contributed by atoms with Crippen molar-refractivity contribution in [2.45, 2.75) is 63.8 Å². The van der Waals surface area contributed by atoms with E-state index in [0.717, 1.165) is 38.5 Å². The molecule has 0 aromatic carbocycles. The van der Waals surface area contributed by atoms with E-state index in [4.69, 9.17) is 5.11 Å². The Hall–Kier alpha value is -1.06. The Bertz CT molecular complexity index is 304. The average molecular weight is 239 g/mol. The fraction of sp³-hybridized carbons (Fsp3) is 0.846. The van der Waals surface area contributed by atoms with Gasteiger partial charge in [0.25, 0.3) is 0 Å². The summed E-state index contributed by atoms with van der Waals surface area (Å²) in [6, 6.07) is 0.368. The molecule has 0 atom stereocenters. The molecule has 96 valence electrons. The quantitative estimate of drug-likeness (QED) is 0.772. The highest BCUT2D eigenvalue weighted by Gasteiger charge is 2.37. The molecular weight excluding hydrogens is 218 g/mol. The zero-order valence-electron chi connectivity index (χ0n) is 10.2. The SMILES string of the molecule is O=C(O)CC1(CC(=O)NC2CC2)CCCCC1. The first-order valence-electron chi connectivity index (χ1n) is 6.61. The van der Waals surface area contributed by atoms with Crippen molar-refractivity contribution >= 4 is 11.9 Å². The van der Waals surface area contributed by atoms with Gasteiger partial charge in [-0.25, -0.2) is 0 Å². The molecule has 4 nitrogen and oxygen atoms in total. The fourth-order valence-corrected chi connectivity index (χ4v) is 2.89. The molecule has 2 N–H and O–H groups in total. The predicted octanol–water partition coefficient (Wildman–Crippen LogP) is 2.08. The van der Waals surface area contributed by atoms with Crippen molar-refractivity contribution in [1.82, 2.24) is 5.32 Å². The van der Waals surface area contributed by atoms with Gasteiger partial charge in [-0.05, 0) is 31.1 Å². The lowest BCUT2D eigenvalue weighted by molar-refractivity contribution is -0.141. The Morgan fingerprint density at radius 2 is 1.76 bits per heavy atom. The number of carboxylic acid groups (broad SMARTS) is 1. The van der Waals surface area contributed by atoms with Gasteiger partial charge in [-0.1, -0.05) is 19.3 Å². The number of amides is 1. The molecule has 0 unspecified atom stereocenters. The molecule has 0 aromatic heterocycles. The molecule has 0 saturated heterocycles. The largest absolute Gasteiger partial charge is 0.481 e. The molecular formula is C13H21NO3. The van der Waals surface area contributed by atoms with Crippen LogP contribution in [0.1, 0.15) is 57.8 Å². The zero-order chi connectivity index (χ0) is 12.3. The van der Waals surface area contributed by atoms with Gasteiger partial charge in [-0.2, -0.15) is 0 Å². The van der Waals surface area contributed by atoms with Crippen molar-refractivity contribution in [3.05, 3.63) is 0 Å². The van der Waals surface area contributed by atoms with Gasteiger partial charge in [0.15, 0.2) is 0 Å². The number of hydrogen-bond donors (Lipinski definition) is 2. The molecule has 1 amide bonds. The lowest BCUT2D eigenvalue weighted by Crippen LogP contribution is -2.35. The maximum Gasteiger partial charge on any atom is 0.303 e. The highest BCUT2D eigenvalue weighted by atomic mass is 16.4. The van der Waals surface area contributed by atoms with Gasteiger partial charge in [0, 0.05) is 12.5 Å². The van der Waals surface area contributed by atoms with E-state index in [2.05, 4.69) is 5.32 Å². The van der Waals surface area contributed by atoms with Crippen LogP contribution in [0.3, 0.4) is 0 Å². The summed E-state index contributed by atoms with van der Waals surface area (Å²) in [5, 5.41) is 12.0. The van der Waals surface area contributed by atoms with E-state index in [-0.39, 0.29) is 17.7 Å². The van der Waals surface area contributed by atoms with Crippen LogP contribution in [0.5, 0.6) is 0 Å². The molecule has 2 saturated carbocycles. The standard InChI is InChI=1S/C13H21NO3/c15-11(14-10-4-5-10)8-13(9-12(16)17)6-2-1-3-7-13/h10H,1-9H2,(H,14,15)(H,16,17). The molecule has 2 rings (SSSR count). The van der Waals surface area contributed by atoms with E-state index < -0.39 is 5.97 Å². The molecule has 2 fully saturated rings. The van der Waals surface area contributed by atoms with Crippen molar-refractivity contribution in [2.75, 3.05) is 0 Å². The maximum absolute atomic E-state index is 11.8. The van der Waals surface area contributed by atoms with E-state index in [1.54, 1.807) is 0 Å². The van der Waals surface area contributed by atoms with Crippen molar-refractivity contribution in [3.63, 3.8) is 0 Å². The van der Waals surface area contributed by atoms with Crippen LogP contribution in [0.4, 0.5) is 0 Å². The van der Waals surface area contributed by atoms with Crippen molar-refractivity contribution in [1.29, 1.82) is 0 Å². The number of nitrogens with one attached hydrogen (secondary N) is 1. The second kappa shape index (κ2) is 5.07. The molecule has 0 aliphatic heterocycles. The van der Waals surface area contributed by atoms with Crippen LogP contribution in [0.15, 0.2) is 0 Å². The first kappa shape index (κ1) is 12.4. The van der Waals surface area contributed by atoms with Crippen LogP contribution in [0.2, 0.25) is 0 Å². The van der Waals surface area contributed by atoms with Crippen LogP contribution in [-0.2, 0) is 9.59 Å². The van der Waals surface area contributed by atoms with Crippen LogP contribution in [0, 0.1) is 5.41 Å². The Labute approximate surface area is 102 Å². The summed E-state index contributed by atoms with van der Waals surface area (Å²) >= 11 is 0. The maximum atomic E-state index is 11.8. The van der Waals surface area contributed by atoms with Gasteiger partial charge in [-0.15, -0.1) is 0 Å². The first-order valence-corrected chi connectivity index (χ1v) is 6.61. The van der Waals surface area contributed by atoms with Crippen molar-refractivity contribution in [3.8, 4) is 0 Å². The second-order valence-electron chi connectivity index (χ2n) is 5.65. The van der Waals surface area contributed by atoms with E-state index in [0.29, 0.717) is 12.5 Å². The summed E-state index contributed by atoms with van der Waals surface area (Å²) in [7, 11) is 0. The molecule has 0 aromatic rings. The summed E-state index contributed by atoms with van der Waals surface area (Å²) < 4.78 is 0. The molecule has 0 radical (unpaired) electrons. The minimum atomic E-state index is -0.772. The third kappa shape index (κ3) is 3.72. The summed E-state index contributed by atoms with van der Waals surface area (Å²) in [6.07, 6.45) is 7.77. The Morgan fingerprint density at radius 3 is 2.29 bits per heavy atom. The topological polar surface area (TPSA) is 66.4 Å². The van der Waals surface area contributed by atoms with Gasteiger partial charge in [0.05, 0.1) is 6.42 Å². The number of rotatable bonds is 5. The minimum absolute atomic E-state index is 0.0515. The summed E-state index contributed by atoms with van der Waals surface area (Å²) in [4.78, 5) is 22.8. The summed E-state index contributed by atoms with van der Waals surface area (Å²) in [5.41, 5.74) is -0.275. The average Bonchev–Trinajstić information content (AvgIpc) is 3.01. The Balaban J connectivity index is 1.93. The van der Waals surface area contributed by atoms with E-state index >= 15 is 0 Å². The van der Waals surface area contributed by atoms with Crippen molar-refractivity contribution in [2.24, 2.45) is 5.41 Å². The Kier molecular flexibility index (Phi) is 3.69. The summed E-state index contributed by atoms with van der Waals surface area (Å²) in [5.74, 6) is -0.721.